The van der Waals surface area contributed by atoms with Gasteiger partial charge in [0.25, 0.3) is 0 Å². The molecule has 0 fully saturated rings. The van der Waals surface area contributed by atoms with Crippen LogP contribution >= 0.6 is 60.6 Å². The summed E-state index contributed by atoms with van der Waals surface area (Å²) in [7, 11) is -3.82. The van der Waals surface area contributed by atoms with Gasteiger partial charge in [-0.15, -0.1) is 0 Å². The molecule has 0 aromatic carbocycles. The van der Waals surface area contributed by atoms with E-state index in [9.17, 15) is 14.4 Å². The molecule has 0 aliphatic heterocycles. The Hall–Kier alpha value is 0.710. The van der Waals surface area contributed by atoms with Gasteiger partial charge in [-0.05, 0) is 240 Å². The van der Waals surface area contributed by atoms with Gasteiger partial charge >= 0.3 is 0 Å². The molecule has 0 saturated heterocycles. The fraction of sp³-hybridized carbons (Fsp3) is 0.959. The summed E-state index contributed by atoms with van der Waals surface area (Å²) in [6.45, 7) is 80.6. The van der Waals surface area contributed by atoms with Crippen molar-refractivity contribution < 1.29 is 60.4 Å². The number of hydrogen-bond donors (Lipinski definition) is 0. The molecule has 0 aromatic heterocycles. The number of likely N-dealkylation sites (N-methyl/N-ethyl adjacent to an activating group) is 3. The first kappa shape index (κ1) is 98.7. The van der Waals surface area contributed by atoms with E-state index in [4.69, 9.17) is 32.5 Å². The summed E-state index contributed by atoms with van der Waals surface area (Å²) in [5, 5.41) is 0.648. The normalized spacial score (nSPS) is 15.8. The Morgan fingerprint density at radius 2 is 0.663 bits per heavy atom. The number of carbonyl (C=O) groups excluding carboxylic acids is 3. The Kier molecular flexibility index (Phi) is 53.9. The van der Waals surface area contributed by atoms with E-state index in [1.807, 2.05) is 6.92 Å². The van der Waals surface area contributed by atoms with E-state index in [0.717, 1.165) is 110 Å². The second-order valence-electron chi connectivity index (χ2n) is 29.1. The number of rotatable bonds is 61. The molecule has 0 rings (SSSR count). The number of thioether (sulfide) groups is 3. The summed E-state index contributed by atoms with van der Waals surface area (Å²) in [6, 6.07) is 2.32. The topological polar surface area (TPSA) is 135 Å². The molecule has 25 heteroatoms. The maximum absolute atomic E-state index is 13.2. The molecule has 0 aliphatic carbocycles. The maximum Gasteiger partial charge on any atom is 0.245 e. The van der Waals surface area contributed by atoms with Crippen molar-refractivity contribution in [3.8, 4) is 0 Å². The summed E-state index contributed by atoms with van der Waals surface area (Å²) in [6.07, 6.45) is 3.95. The van der Waals surface area contributed by atoms with Crippen molar-refractivity contribution in [2.24, 2.45) is 0 Å². The molecule has 98 heavy (non-hydrogen) atoms. The molecular weight excluding hydrogens is 1350 g/mol. The largest absolute Gasteiger partial charge is 0.368 e. The Balaban J connectivity index is 7.20. The molecule has 8 unspecified atom stereocenters. The van der Waals surface area contributed by atoms with E-state index >= 15 is 0 Å². The van der Waals surface area contributed by atoms with Crippen molar-refractivity contribution in [2.75, 3.05) is 142 Å². The second-order valence-corrected chi connectivity index (χ2v) is 37.4. The molecule has 0 bridgehead atoms. The van der Waals surface area contributed by atoms with Crippen LogP contribution in [0.15, 0.2) is 0 Å². The molecule has 0 saturated carbocycles. The van der Waals surface area contributed by atoms with Gasteiger partial charge in [-0.2, -0.15) is 0 Å². The molecule has 0 amide bonds. The van der Waals surface area contributed by atoms with Gasteiger partial charge < -0.3 is 46.0 Å². The van der Waals surface area contributed by atoms with Crippen LogP contribution in [0.3, 0.4) is 0 Å². The van der Waals surface area contributed by atoms with Gasteiger partial charge in [0, 0.05) is 90.6 Å². The quantitative estimate of drug-likeness (QED) is 0.0247. The molecule has 0 spiro atoms. The van der Waals surface area contributed by atoms with Crippen molar-refractivity contribution in [1.29, 1.82) is 0 Å². The van der Waals surface area contributed by atoms with Crippen molar-refractivity contribution in [1.82, 2.24) is 28.0 Å². The van der Waals surface area contributed by atoms with Crippen LogP contribution in [-0.4, -0.2) is 278 Å². The third kappa shape index (κ3) is 35.2. The molecule has 0 heterocycles. The van der Waals surface area contributed by atoms with E-state index in [0.29, 0.717) is 64.4 Å². The number of nitrogens with zero attached hydrogens (tertiary/aromatic N) is 9. The van der Waals surface area contributed by atoms with Crippen LogP contribution in [0.1, 0.15) is 240 Å². The smallest absolute Gasteiger partial charge is 0.245 e. The Labute approximate surface area is 621 Å². The molecule has 0 radical (unpaired) electrons. The minimum atomic E-state index is -1.35. The lowest BCUT2D eigenvalue weighted by atomic mass is 10.1. The van der Waals surface area contributed by atoms with Crippen molar-refractivity contribution in [3.63, 3.8) is 0 Å². The maximum atomic E-state index is 13.2. The average Bonchev–Trinajstić information content (AvgIpc) is 0.819. The van der Waals surface area contributed by atoms with Gasteiger partial charge in [0.1, 0.15) is 26.2 Å². The van der Waals surface area contributed by atoms with Crippen molar-refractivity contribution in [3.05, 3.63) is 0 Å². The first-order chi connectivity index (χ1) is 46.1. The highest BCUT2D eigenvalue weighted by molar-refractivity contribution is 8.14. The van der Waals surface area contributed by atoms with Crippen LogP contribution in [0.25, 0.3) is 0 Å². The highest BCUT2D eigenvalue weighted by atomic mass is 32.2. The van der Waals surface area contributed by atoms with E-state index in [1.54, 1.807) is 0 Å². The lowest BCUT2D eigenvalue weighted by Crippen LogP contribution is -2.50. The number of quaternary nitrogens is 3. The summed E-state index contributed by atoms with van der Waals surface area (Å²) in [5.74, 6) is 1.62. The molecule has 8 atom stereocenters. The van der Waals surface area contributed by atoms with Gasteiger partial charge in [0.15, 0.2) is 38.4 Å². The van der Waals surface area contributed by atoms with E-state index in [-0.39, 0.29) is 101 Å². The zero-order chi connectivity index (χ0) is 75.1. The lowest BCUT2D eigenvalue weighted by molar-refractivity contribution is -0.915. The highest BCUT2D eigenvalue weighted by Crippen LogP contribution is 2.55. The van der Waals surface area contributed by atoms with Crippen LogP contribution < -0.4 is 0 Å². The van der Waals surface area contributed by atoms with E-state index < -0.39 is 31.6 Å². The molecule has 19 nitrogen and oxygen atoms in total. The van der Waals surface area contributed by atoms with Gasteiger partial charge in [-0.3, -0.25) is 14.4 Å². The highest BCUT2D eigenvalue weighted by Gasteiger charge is 2.42. The predicted octanol–water partition coefficient (Wildman–Crippen LogP) is 17.0. The summed E-state index contributed by atoms with van der Waals surface area (Å²) >= 11 is 4.10. The molecule has 0 aromatic rings. The van der Waals surface area contributed by atoms with Gasteiger partial charge in [-0.25, -0.2) is 28.0 Å². The summed E-state index contributed by atoms with van der Waals surface area (Å²) in [5.41, 5.74) is 0. The molecule has 0 N–H and O–H groups in total. The van der Waals surface area contributed by atoms with Crippen LogP contribution in [0, 0.1) is 0 Å². The number of ether oxygens (including phenoxy) is 4. The average molecular weight is 1510 g/mol. The van der Waals surface area contributed by atoms with Crippen LogP contribution in [0.5, 0.6) is 0 Å². The Morgan fingerprint density at radius 3 is 0.990 bits per heavy atom. The van der Waals surface area contributed by atoms with Crippen LogP contribution in [0.2, 0.25) is 0 Å². The second kappa shape index (κ2) is 53.5. The van der Waals surface area contributed by atoms with Gasteiger partial charge in [-0.1, -0.05) is 35.3 Å². The zero-order valence-electron chi connectivity index (χ0n) is 68.8. The predicted molar refractivity (Wildman–Crippen MR) is 428 cm³/mol. The molecule has 584 valence electrons. The van der Waals surface area contributed by atoms with Crippen molar-refractivity contribution in [2.45, 2.75) is 319 Å². The minimum Gasteiger partial charge on any atom is -0.368 e. The van der Waals surface area contributed by atoms with Gasteiger partial charge in [0.05, 0.1) is 91.3 Å². The zero-order valence-corrected chi connectivity index (χ0v) is 73.9. The number of hydrogen-bond acceptors (Lipinski definition) is 19. The summed E-state index contributed by atoms with van der Waals surface area (Å²) < 4.78 is 64.7. The third-order valence-corrected chi connectivity index (χ3v) is 30.9. The fourth-order valence-corrected chi connectivity index (χ4v) is 22.8. The SMILES string of the molecule is CCOC(COP(N(C(C)C)C(C)C)N(C(C)C)C(C)CCC(C)N(C(C)C)P(OCOCCCSC(=O)C[N+](CC)(CC)CC)N(C(C)C)C(C)CCC(C)N(C(C)C)P(OCCOCSC(=O)C[N+](CC)(CC)CC)N(C(C)C)C(C)C)OCCSC(=O)C[N+](CC)(CC)CC. The molecule has 0 aliphatic rings. The van der Waals surface area contributed by atoms with E-state index in [2.05, 4.69) is 229 Å². The Bertz CT molecular complexity index is 2020. The monoisotopic (exact) mass is 1510 g/mol. The third-order valence-electron chi connectivity index (χ3n) is 19.7. The van der Waals surface area contributed by atoms with Gasteiger partial charge in [0.2, 0.25) is 15.3 Å². The van der Waals surface area contributed by atoms with Crippen molar-refractivity contribution >= 4 is 76.0 Å². The minimum absolute atomic E-state index is 0.146. The van der Waals surface area contributed by atoms with Crippen LogP contribution in [-0.2, 0) is 46.9 Å². The van der Waals surface area contributed by atoms with Crippen LogP contribution in [0.4, 0.5) is 0 Å². The molecular formula is C73H157N9O10P3S3+3. The first-order valence-electron chi connectivity index (χ1n) is 38.5. The first-order valence-corrected chi connectivity index (χ1v) is 45.0. The lowest BCUT2D eigenvalue weighted by Gasteiger charge is -2.48. The number of carbonyl (C=O) groups is 3. The Morgan fingerprint density at radius 1 is 0.347 bits per heavy atom. The standard InChI is InChI=1S/C73H157N9O10P3S3/c1-31-80(32-2,33-3)52-70(83)96-50-41-46-86-56-92-95(78(64(23)24)68(29)44-42-66(27)76(62(19)20)93(74(58(11)12)59(13)14)90-48-47-87-57-98-72(85)54-82(37-7,38-8)39-9)79(65(25)26)69(30)45-43-67(28)77(63(21)22)94(75(60(15)16)61(17)18)91-55-73(88-40-10)89-49-51-97-71(84)53-81(34-4,35-5)36-6/h58-69,73H,31-57H2,1-30H3/q+3. The summed E-state index contributed by atoms with van der Waals surface area (Å²) in [4.78, 5) is 39.5. The van der Waals surface area contributed by atoms with E-state index in [1.165, 1.54) is 35.3 Å². The fourth-order valence-electron chi connectivity index (χ4n) is 13.3.